The number of hydrazone groups is 1. The summed E-state index contributed by atoms with van der Waals surface area (Å²) in [6.07, 6.45) is 0.808. The number of hydrogen-bond donors (Lipinski definition) is 2. The molecule has 0 amide bonds. The van der Waals surface area contributed by atoms with Crippen LogP contribution in [0.2, 0.25) is 0 Å². The lowest BCUT2D eigenvalue weighted by Gasteiger charge is -1.88. The van der Waals surface area contributed by atoms with E-state index in [2.05, 4.69) is 10.5 Å². The fourth-order valence-corrected chi connectivity index (χ4v) is 0.484. The molecule has 0 spiro atoms. The van der Waals surface area contributed by atoms with E-state index in [1.807, 2.05) is 0 Å². The van der Waals surface area contributed by atoms with Gasteiger partial charge in [-0.05, 0) is 0 Å². The van der Waals surface area contributed by atoms with Gasteiger partial charge in [0.25, 0.3) is 9.05 Å². The summed E-state index contributed by atoms with van der Waals surface area (Å²) >= 11 is 0. The first-order valence-electron chi connectivity index (χ1n) is 2.21. The van der Waals surface area contributed by atoms with Gasteiger partial charge in [0.1, 0.15) is 0 Å². The Kier molecular flexibility index (Phi) is 3.31. The summed E-state index contributed by atoms with van der Waals surface area (Å²) in [6.45, 7) is 0. The Balaban J connectivity index is 4.28. The topological polar surface area (TPSA) is 82.4 Å². The van der Waals surface area contributed by atoms with Crippen LogP contribution in [0.5, 0.6) is 0 Å². The average Bonchev–Trinajstić information content (AvgIpc) is 1.80. The molecule has 0 bridgehead atoms. The molecular weight excluding hydrogens is 178 g/mol. The molecule has 0 aliphatic heterocycles. The van der Waals surface area contributed by atoms with Crippen molar-refractivity contribution in [2.24, 2.45) is 5.10 Å². The molecular formula is C3H6ClN3O2S. The zero-order valence-corrected chi connectivity index (χ0v) is 6.70. The minimum absolute atomic E-state index is 0.733. The van der Waals surface area contributed by atoms with E-state index < -0.39 is 14.1 Å². The Bertz CT molecular complexity index is 244. The smallest absolute Gasteiger partial charge is 0.279 e. The van der Waals surface area contributed by atoms with Gasteiger partial charge in [-0.3, -0.25) is 5.41 Å². The van der Waals surface area contributed by atoms with Crippen LogP contribution < -0.4 is 5.43 Å². The average molecular weight is 184 g/mol. The molecule has 2 N–H and O–H groups in total. The molecule has 0 aliphatic rings. The zero-order chi connectivity index (χ0) is 8.20. The second-order valence-electron chi connectivity index (χ2n) is 1.28. The van der Waals surface area contributed by atoms with Crippen molar-refractivity contribution in [3.8, 4) is 0 Å². The third-order valence-electron chi connectivity index (χ3n) is 0.574. The van der Waals surface area contributed by atoms with Gasteiger partial charge < -0.3 is 5.43 Å². The van der Waals surface area contributed by atoms with Crippen molar-refractivity contribution in [2.75, 3.05) is 7.05 Å². The summed E-state index contributed by atoms with van der Waals surface area (Å²) in [7, 11) is 2.32. The lowest BCUT2D eigenvalue weighted by molar-refractivity contribution is 0.619. The standard InChI is InChI=1S/C3H6ClN3O2S/c1-6-7-2-3(5)10(4,8)9/h2,5-6H,1H3/b5-3?,7-2-. The Hall–Kier alpha value is -0.620. The Morgan fingerprint density at radius 2 is 2.30 bits per heavy atom. The van der Waals surface area contributed by atoms with E-state index in [0.717, 1.165) is 6.21 Å². The van der Waals surface area contributed by atoms with Crippen LogP contribution in [0.25, 0.3) is 0 Å². The maximum Gasteiger partial charge on any atom is 0.279 e. The molecule has 10 heavy (non-hydrogen) atoms. The van der Waals surface area contributed by atoms with Crippen molar-refractivity contribution >= 4 is 31.0 Å². The minimum atomic E-state index is -3.91. The fourth-order valence-electron chi connectivity index (χ4n) is 0.186. The first-order valence-corrected chi connectivity index (χ1v) is 4.52. The van der Waals surface area contributed by atoms with Gasteiger partial charge in [-0.25, -0.2) is 8.42 Å². The van der Waals surface area contributed by atoms with Gasteiger partial charge in [-0.1, -0.05) is 0 Å². The summed E-state index contributed by atoms with van der Waals surface area (Å²) in [4.78, 5) is 0. The van der Waals surface area contributed by atoms with Gasteiger partial charge in [0.2, 0.25) is 0 Å². The van der Waals surface area contributed by atoms with Crippen molar-refractivity contribution in [1.29, 1.82) is 5.41 Å². The molecule has 0 heterocycles. The second kappa shape index (κ2) is 3.52. The van der Waals surface area contributed by atoms with E-state index >= 15 is 0 Å². The van der Waals surface area contributed by atoms with E-state index in [9.17, 15) is 8.42 Å². The normalized spacial score (nSPS) is 11.8. The van der Waals surface area contributed by atoms with Gasteiger partial charge in [0.05, 0.1) is 6.21 Å². The quantitative estimate of drug-likeness (QED) is 0.268. The molecule has 0 aromatic heterocycles. The lowest BCUT2D eigenvalue weighted by Crippen LogP contribution is -2.09. The summed E-state index contributed by atoms with van der Waals surface area (Å²) in [5.41, 5.74) is 2.28. The first kappa shape index (κ1) is 9.38. The van der Waals surface area contributed by atoms with Crippen LogP contribution >= 0.6 is 10.7 Å². The molecule has 0 atom stereocenters. The molecule has 5 nitrogen and oxygen atoms in total. The highest BCUT2D eigenvalue weighted by Crippen LogP contribution is 1.95. The fraction of sp³-hybridized carbons (Fsp3) is 0.333. The highest BCUT2D eigenvalue weighted by Gasteiger charge is 2.10. The van der Waals surface area contributed by atoms with Gasteiger partial charge in [0, 0.05) is 17.7 Å². The molecule has 58 valence electrons. The maximum atomic E-state index is 10.3. The number of rotatable bonds is 2. The van der Waals surface area contributed by atoms with Gasteiger partial charge >= 0.3 is 0 Å². The molecule has 0 aliphatic carbocycles. The Morgan fingerprint density at radius 3 is 2.60 bits per heavy atom. The van der Waals surface area contributed by atoms with Crippen molar-refractivity contribution in [1.82, 2.24) is 5.43 Å². The van der Waals surface area contributed by atoms with E-state index in [1.165, 1.54) is 7.05 Å². The monoisotopic (exact) mass is 183 g/mol. The number of hydrogen-bond acceptors (Lipinski definition) is 5. The van der Waals surface area contributed by atoms with Gasteiger partial charge in [0.15, 0.2) is 5.04 Å². The number of halogens is 1. The molecule has 7 heteroatoms. The molecule has 0 aromatic carbocycles. The van der Waals surface area contributed by atoms with Crippen molar-refractivity contribution < 1.29 is 8.42 Å². The molecule has 0 aromatic rings. The van der Waals surface area contributed by atoms with Gasteiger partial charge in [-0.15, -0.1) is 0 Å². The van der Waals surface area contributed by atoms with E-state index in [4.69, 9.17) is 16.1 Å². The summed E-state index contributed by atoms with van der Waals surface area (Å²) < 4.78 is 20.5. The van der Waals surface area contributed by atoms with Gasteiger partial charge in [-0.2, -0.15) is 5.10 Å². The second-order valence-corrected chi connectivity index (χ2v) is 3.82. The maximum absolute atomic E-state index is 10.3. The molecule has 0 saturated heterocycles. The van der Waals surface area contributed by atoms with E-state index in [0.29, 0.717) is 0 Å². The SMILES string of the molecule is CN/N=C\C(=N)S(=O)(=O)Cl. The molecule has 0 unspecified atom stereocenters. The predicted molar refractivity (Wildman–Crippen MR) is 40.1 cm³/mol. The van der Waals surface area contributed by atoms with Crippen molar-refractivity contribution in [3.63, 3.8) is 0 Å². The third kappa shape index (κ3) is 3.41. The highest BCUT2D eigenvalue weighted by molar-refractivity contribution is 8.26. The number of nitrogens with one attached hydrogen (secondary N) is 2. The van der Waals surface area contributed by atoms with Crippen LogP contribution in [0.3, 0.4) is 0 Å². The third-order valence-corrected chi connectivity index (χ3v) is 1.70. The molecule has 0 fully saturated rings. The van der Waals surface area contributed by atoms with Crippen LogP contribution in [-0.4, -0.2) is 26.7 Å². The summed E-state index contributed by atoms with van der Waals surface area (Å²) in [6, 6.07) is 0. The van der Waals surface area contributed by atoms with Crippen LogP contribution in [0.1, 0.15) is 0 Å². The Morgan fingerprint density at radius 1 is 1.80 bits per heavy atom. The van der Waals surface area contributed by atoms with Crippen LogP contribution in [0.15, 0.2) is 5.10 Å². The van der Waals surface area contributed by atoms with Crippen LogP contribution in [-0.2, 0) is 9.05 Å². The predicted octanol–water partition coefficient (Wildman–Crippen LogP) is -0.263. The minimum Gasteiger partial charge on any atom is -0.313 e. The zero-order valence-electron chi connectivity index (χ0n) is 5.13. The lowest BCUT2D eigenvalue weighted by atomic mass is 10.8. The van der Waals surface area contributed by atoms with Crippen LogP contribution in [0, 0.1) is 5.41 Å². The highest BCUT2D eigenvalue weighted by atomic mass is 35.7. The number of nitrogens with zero attached hydrogens (tertiary/aromatic N) is 1. The Labute approximate surface area is 63.0 Å². The van der Waals surface area contributed by atoms with Crippen molar-refractivity contribution in [3.05, 3.63) is 0 Å². The van der Waals surface area contributed by atoms with Crippen LogP contribution in [0.4, 0.5) is 0 Å². The molecule has 0 rings (SSSR count). The molecule has 0 saturated carbocycles. The first-order chi connectivity index (χ1) is 4.48. The summed E-state index contributed by atoms with van der Waals surface area (Å²) in [5, 5.41) is 9.28. The largest absolute Gasteiger partial charge is 0.313 e. The van der Waals surface area contributed by atoms with E-state index in [1.54, 1.807) is 0 Å². The summed E-state index contributed by atoms with van der Waals surface area (Å²) in [5.74, 6) is 0. The van der Waals surface area contributed by atoms with E-state index in [-0.39, 0.29) is 0 Å². The van der Waals surface area contributed by atoms with Crippen molar-refractivity contribution in [2.45, 2.75) is 0 Å². The molecule has 0 radical (unpaired) electrons.